The number of aliphatic hydroxyl groups excluding tert-OH is 1. The first-order chi connectivity index (χ1) is 8.95. The van der Waals surface area contributed by atoms with Gasteiger partial charge in [-0.2, -0.15) is 0 Å². The summed E-state index contributed by atoms with van der Waals surface area (Å²) in [4.78, 5) is 4.28. The molecule has 0 saturated carbocycles. The van der Waals surface area contributed by atoms with Gasteiger partial charge in [0.05, 0.1) is 6.10 Å². The van der Waals surface area contributed by atoms with Crippen LogP contribution in [0.5, 0.6) is 0 Å². The molecule has 3 N–H and O–H groups in total. The first-order valence-corrected chi connectivity index (χ1v) is 6.56. The van der Waals surface area contributed by atoms with Gasteiger partial charge in [0.15, 0.2) is 0 Å². The van der Waals surface area contributed by atoms with E-state index in [1.165, 1.54) is 12.1 Å². The number of halogens is 1. The number of benzene rings is 1. The first-order valence-electron chi connectivity index (χ1n) is 6.56. The fourth-order valence-electron chi connectivity index (χ4n) is 2.69. The zero-order valence-corrected chi connectivity index (χ0v) is 11.5. The number of nitrogens with two attached hydrogens (primary N) is 1. The number of nitrogens with zero attached hydrogens (tertiary/aromatic N) is 2. The van der Waals surface area contributed by atoms with Crippen molar-refractivity contribution in [3.05, 3.63) is 29.6 Å². The summed E-state index contributed by atoms with van der Waals surface area (Å²) in [5, 5.41) is 9.82. The van der Waals surface area contributed by atoms with Crippen LogP contribution in [0.15, 0.2) is 18.2 Å². The van der Waals surface area contributed by atoms with E-state index < -0.39 is 0 Å². The summed E-state index contributed by atoms with van der Waals surface area (Å²) in [6.07, 6.45) is 0.452. The lowest BCUT2D eigenvalue weighted by Gasteiger charge is -2.27. The van der Waals surface area contributed by atoms with E-state index in [-0.39, 0.29) is 18.0 Å². The molecule has 0 spiro atoms. The molecule has 1 aromatic rings. The third kappa shape index (κ3) is 3.65. The molecule has 1 saturated heterocycles. The van der Waals surface area contributed by atoms with Gasteiger partial charge < -0.3 is 15.7 Å². The molecule has 5 heteroatoms. The Kier molecular flexibility index (Phi) is 4.39. The molecule has 1 aromatic carbocycles. The van der Waals surface area contributed by atoms with Crippen molar-refractivity contribution in [2.75, 3.05) is 32.9 Å². The molecule has 1 heterocycles. The lowest BCUT2D eigenvalue weighted by atomic mass is 10.1. The molecular weight excluding hydrogens is 245 g/mol. The Morgan fingerprint density at radius 2 is 2.21 bits per heavy atom. The van der Waals surface area contributed by atoms with Crippen molar-refractivity contribution < 1.29 is 9.50 Å². The smallest absolute Gasteiger partial charge is 0.123 e. The average Bonchev–Trinajstić information content (AvgIpc) is 2.63. The minimum Gasteiger partial charge on any atom is -0.398 e. The highest BCUT2D eigenvalue weighted by atomic mass is 19.1. The van der Waals surface area contributed by atoms with Gasteiger partial charge in [-0.05, 0) is 44.3 Å². The lowest BCUT2D eigenvalue weighted by molar-refractivity contribution is 0.169. The highest BCUT2D eigenvalue weighted by Gasteiger charge is 2.31. The molecule has 0 aromatic heterocycles. The molecule has 1 aliphatic rings. The minimum atomic E-state index is -0.306. The fraction of sp³-hybridized carbons (Fsp3) is 0.571. The molecule has 1 aliphatic heterocycles. The largest absolute Gasteiger partial charge is 0.398 e. The Morgan fingerprint density at radius 3 is 2.89 bits per heavy atom. The Morgan fingerprint density at radius 1 is 1.47 bits per heavy atom. The number of hydrogen-bond donors (Lipinski definition) is 2. The van der Waals surface area contributed by atoms with Gasteiger partial charge in [-0.15, -0.1) is 0 Å². The topological polar surface area (TPSA) is 52.7 Å². The van der Waals surface area contributed by atoms with Crippen molar-refractivity contribution >= 4 is 5.69 Å². The van der Waals surface area contributed by atoms with Gasteiger partial charge in [0, 0.05) is 31.4 Å². The maximum atomic E-state index is 13.3. The van der Waals surface area contributed by atoms with Crippen LogP contribution in [0.2, 0.25) is 0 Å². The maximum Gasteiger partial charge on any atom is 0.123 e. The van der Waals surface area contributed by atoms with Crippen LogP contribution in [0.4, 0.5) is 10.1 Å². The third-order valence-corrected chi connectivity index (χ3v) is 3.56. The molecule has 4 nitrogen and oxygen atoms in total. The number of nitrogen functional groups attached to an aromatic ring is 1. The Hall–Kier alpha value is -1.17. The number of likely N-dealkylation sites (tertiary alicyclic amines) is 1. The number of anilines is 1. The van der Waals surface area contributed by atoms with E-state index in [2.05, 4.69) is 9.80 Å². The van der Waals surface area contributed by atoms with Gasteiger partial charge in [-0.1, -0.05) is 0 Å². The summed E-state index contributed by atoms with van der Waals surface area (Å²) in [6.45, 7) is 2.08. The highest BCUT2D eigenvalue weighted by Crippen LogP contribution is 2.23. The van der Waals surface area contributed by atoms with Gasteiger partial charge in [-0.25, -0.2) is 4.39 Å². The van der Waals surface area contributed by atoms with Gasteiger partial charge >= 0.3 is 0 Å². The van der Waals surface area contributed by atoms with Gasteiger partial charge in [0.1, 0.15) is 5.82 Å². The third-order valence-electron chi connectivity index (χ3n) is 3.56. The van der Waals surface area contributed by atoms with E-state index in [1.54, 1.807) is 6.07 Å². The monoisotopic (exact) mass is 267 g/mol. The molecule has 2 rings (SSSR count). The van der Waals surface area contributed by atoms with Crippen molar-refractivity contribution in [1.29, 1.82) is 0 Å². The Bertz CT molecular complexity index is 439. The summed E-state index contributed by atoms with van der Waals surface area (Å²) in [5.74, 6) is -0.270. The molecule has 106 valence electrons. The summed E-state index contributed by atoms with van der Waals surface area (Å²) in [7, 11) is 4.03. The second-order valence-corrected chi connectivity index (χ2v) is 5.58. The van der Waals surface area contributed by atoms with Crippen LogP contribution in [0.3, 0.4) is 0 Å². The van der Waals surface area contributed by atoms with Crippen LogP contribution in [-0.2, 0) is 6.54 Å². The van der Waals surface area contributed by atoms with Crippen molar-refractivity contribution in [2.45, 2.75) is 25.1 Å². The van der Waals surface area contributed by atoms with Crippen molar-refractivity contribution in [3.63, 3.8) is 0 Å². The summed E-state index contributed by atoms with van der Waals surface area (Å²) in [6, 6.07) is 4.73. The quantitative estimate of drug-likeness (QED) is 0.796. The van der Waals surface area contributed by atoms with E-state index in [1.807, 2.05) is 14.1 Å². The predicted molar refractivity (Wildman–Crippen MR) is 74.2 cm³/mol. The normalized spacial score (nSPS) is 24.3. The molecule has 0 bridgehead atoms. The van der Waals surface area contributed by atoms with Crippen LogP contribution >= 0.6 is 0 Å². The molecule has 19 heavy (non-hydrogen) atoms. The summed E-state index contributed by atoms with van der Waals surface area (Å²) >= 11 is 0. The van der Waals surface area contributed by atoms with Crippen molar-refractivity contribution in [1.82, 2.24) is 9.80 Å². The molecule has 0 radical (unpaired) electrons. The van der Waals surface area contributed by atoms with E-state index in [0.29, 0.717) is 18.8 Å². The second-order valence-electron chi connectivity index (χ2n) is 5.58. The van der Waals surface area contributed by atoms with E-state index in [0.717, 1.165) is 18.5 Å². The first kappa shape index (κ1) is 14.2. The lowest BCUT2D eigenvalue weighted by Crippen LogP contribution is -2.37. The van der Waals surface area contributed by atoms with E-state index >= 15 is 0 Å². The van der Waals surface area contributed by atoms with Crippen LogP contribution in [0.1, 0.15) is 12.0 Å². The number of aliphatic hydroxyl groups is 1. The molecule has 2 unspecified atom stereocenters. The molecular formula is C14H22FN3O. The number of rotatable bonds is 4. The predicted octanol–water partition coefficient (Wildman–Crippen LogP) is 0.905. The molecule has 2 atom stereocenters. The zero-order valence-electron chi connectivity index (χ0n) is 11.5. The van der Waals surface area contributed by atoms with E-state index in [9.17, 15) is 9.50 Å². The van der Waals surface area contributed by atoms with Gasteiger partial charge in [-0.3, -0.25) is 4.90 Å². The number of hydrogen-bond acceptors (Lipinski definition) is 4. The fourth-order valence-corrected chi connectivity index (χ4v) is 2.69. The standard InChI is InChI=1S/C14H22FN3O/c1-17(2)8-12-6-13(19)9-18(12)7-10-5-11(15)3-4-14(10)16/h3-5,12-13,19H,6-9,16H2,1-2H3. The Labute approximate surface area is 113 Å². The molecule has 0 amide bonds. The van der Waals surface area contributed by atoms with Crippen LogP contribution in [0, 0.1) is 5.82 Å². The summed E-state index contributed by atoms with van der Waals surface area (Å²) in [5.41, 5.74) is 7.28. The highest BCUT2D eigenvalue weighted by molar-refractivity contribution is 5.46. The summed E-state index contributed by atoms with van der Waals surface area (Å²) < 4.78 is 13.3. The number of likely N-dealkylation sites (N-methyl/N-ethyl adjacent to an activating group) is 1. The Balaban J connectivity index is 2.09. The minimum absolute atomic E-state index is 0.270. The van der Waals surface area contributed by atoms with Crippen LogP contribution in [-0.4, -0.2) is 54.2 Å². The molecule has 0 aliphatic carbocycles. The van der Waals surface area contributed by atoms with Crippen LogP contribution < -0.4 is 5.73 Å². The zero-order chi connectivity index (χ0) is 14.0. The van der Waals surface area contributed by atoms with Crippen molar-refractivity contribution in [3.8, 4) is 0 Å². The van der Waals surface area contributed by atoms with Crippen molar-refractivity contribution in [2.24, 2.45) is 0 Å². The SMILES string of the molecule is CN(C)CC1CC(O)CN1Cc1cc(F)ccc1N. The molecule has 1 fully saturated rings. The van der Waals surface area contributed by atoms with Crippen LogP contribution in [0.25, 0.3) is 0 Å². The second kappa shape index (κ2) is 5.86. The van der Waals surface area contributed by atoms with E-state index in [4.69, 9.17) is 5.73 Å². The maximum absolute atomic E-state index is 13.3. The number of β-amino-alcohol motifs (C(OH)–C–C–N with tert-alkyl or cyclic N) is 1. The average molecular weight is 267 g/mol. The van der Waals surface area contributed by atoms with Gasteiger partial charge in [0.25, 0.3) is 0 Å². The van der Waals surface area contributed by atoms with Gasteiger partial charge in [0.2, 0.25) is 0 Å².